The summed E-state index contributed by atoms with van der Waals surface area (Å²) in [6.07, 6.45) is 0.806. The minimum absolute atomic E-state index is 0.0168. The Morgan fingerprint density at radius 3 is 2.35 bits per heavy atom. The number of rotatable bonds is 5. The Hall–Kier alpha value is -3.25. The minimum Gasteiger partial charge on any atom is -0.292 e. The molecule has 0 saturated heterocycles. The second-order valence-electron chi connectivity index (χ2n) is 8.58. The number of nitrogens with one attached hydrogen (secondary N) is 1. The van der Waals surface area contributed by atoms with E-state index in [2.05, 4.69) is 77.5 Å². The Morgan fingerprint density at radius 1 is 1.00 bits per heavy atom. The fraction of sp³-hybridized carbons (Fsp3) is 0.320. The highest BCUT2D eigenvalue weighted by Gasteiger charge is 2.31. The summed E-state index contributed by atoms with van der Waals surface area (Å²) in [6, 6.07) is 21.0. The molecule has 2 aromatic carbocycles. The van der Waals surface area contributed by atoms with Crippen molar-refractivity contribution < 1.29 is 0 Å². The van der Waals surface area contributed by atoms with E-state index in [9.17, 15) is 4.79 Å². The molecule has 6 nitrogen and oxygen atoms in total. The van der Waals surface area contributed by atoms with Crippen LogP contribution in [0.15, 0.2) is 65.5 Å². The molecule has 31 heavy (non-hydrogen) atoms. The van der Waals surface area contributed by atoms with Gasteiger partial charge >= 0.3 is 0 Å². The molecule has 1 atom stereocenters. The van der Waals surface area contributed by atoms with Crippen molar-refractivity contribution in [3.05, 3.63) is 93.7 Å². The van der Waals surface area contributed by atoms with Gasteiger partial charge in [0.1, 0.15) is 16.9 Å². The van der Waals surface area contributed by atoms with E-state index < -0.39 is 0 Å². The van der Waals surface area contributed by atoms with Crippen LogP contribution < -0.4 is 5.56 Å². The summed E-state index contributed by atoms with van der Waals surface area (Å²) in [4.78, 5) is 20.8. The highest BCUT2D eigenvalue weighted by atomic mass is 16.1. The fourth-order valence-corrected chi connectivity index (χ4v) is 4.51. The first-order valence-corrected chi connectivity index (χ1v) is 10.9. The van der Waals surface area contributed by atoms with Crippen molar-refractivity contribution in [2.75, 3.05) is 6.54 Å². The van der Waals surface area contributed by atoms with Crippen molar-refractivity contribution in [1.82, 2.24) is 24.6 Å². The van der Waals surface area contributed by atoms with Crippen molar-refractivity contribution >= 4 is 11.0 Å². The average molecular weight is 414 g/mol. The molecule has 0 spiro atoms. The van der Waals surface area contributed by atoms with Crippen LogP contribution in [-0.2, 0) is 19.5 Å². The van der Waals surface area contributed by atoms with Crippen molar-refractivity contribution in [3.63, 3.8) is 0 Å². The smallest absolute Gasteiger partial charge is 0.279 e. The number of benzene rings is 2. The molecule has 3 heterocycles. The van der Waals surface area contributed by atoms with Gasteiger partial charge in [0.05, 0.1) is 11.7 Å². The summed E-state index contributed by atoms with van der Waals surface area (Å²) >= 11 is 0. The number of hydrogen-bond donors (Lipinski definition) is 1. The molecule has 0 radical (unpaired) electrons. The number of H-pyrrole nitrogens is 1. The first-order chi connectivity index (χ1) is 15.1. The average Bonchev–Trinajstić information content (AvgIpc) is 3.22. The summed E-state index contributed by atoms with van der Waals surface area (Å²) in [7, 11) is 0. The Morgan fingerprint density at radius 2 is 1.68 bits per heavy atom. The van der Waals surface area contributed by atoms with E-state index in [1.807, 2.05) is 16.7 Å². The minimum atomic E-state index is -0.0168. The number of hydrogen-bond acceptors (Lipinski definition) is 4. The van der Waals surface area contributed by atoms with E-state index in [1.54, 1.807) is 0 Å². The monoisotopic (exact) mass is 413 g/mol. The van der Waals surface area contributed by atoms with Gasteiger partial charge in [0.2, 0.25) is 0 Å². The number of nitrogens with zero attached hydrogens (tertiary/aromatic N) is 4. The zero-order valence-corrected chi connectivity index (χ0v) is 18.0. The normalized spacial score (nSPS) is 16.7. The van der Waals surface area contributed by atoms with Crippen LogP contribution >= 0.6 is 0 Å². The van der Waals surface area contributed by atoms with Gasteiger partial charge < -0.3 is 0 Å². The summed E-state index contributed by atoms with van der Waals surface area (Å²) in [5.74, 6) is 1.03. The van der Waals surface area contributed by atoms with Crippen LogP contribution in [0.4, 0.5) is 0 Å². The van der Waals surface area contributed by atoms with Crippen molar-refractivity contribution in [1.29, 1.82) is 0 Å². The van der Waals surface area contributed by atoms with Crippen molar-refractivity contribution in [2.45, 2.75) is 45.3 Å². The Bertz CT molecular complexity index is 1240. The summed E-state index contributed by atoms with van der Waals surface area (Å²) < 4.78 is 1.85. The molecule has 0 aliphatic carbocycles. The predicted molar refractivity (Wildman–Crippen MR) is 122 cm³/mol. The van der Waals surface area contributed by atoms with Crippen LogP contribution in [0.25, 0.3) is 11.0 Å². The number of aromatic nitrogens is 4. The molecule has 1 unspecified atom stereocenters. The molecule has 158 valence electrons. The number of fused-ring (bicyclic) bond motifs is 2. The zero-order chi connectivity index (χ0) is 21.4. The lowest BCUT2D eigenvalue weighted by atomic mass is 10.0. The van der Waals surface area contributed by atoms with E-state index in [-0.39, 0.29) is 17.5 Å². The molecule has 1 aliphatic rings. The molecule has 1 aliphatic heterocycles. The molecular weight excluding hydrogens is 386 g/mol. The molecule has 0 fully saturated rings. The molecule has 0 amide bonds. The van der Waals surface area contributed by atoms with Gasteiger partial charge in [-0.2, -0.15) is 5.10 Å². The molecule has 5 rings (SSSR count). The van der Waals surface area contributed by atoms with Crippen LogP contribution in [0.5, 0.6) is 0 Å². The van der Waals surface area contributed by atoms with Crippen LogP contribution in [0.3, 0.4) is 0 Å². The second-order valence-corrected chi connectivity index (χ2v) is 8.58. The molecule has 4 aromatic rings. The maximum atomic E-state index is 13.3. The highest BCUT2D eigenvalue weighted by Crippen LogP contribution is 2.30. The topological polar surface area (TPSA) is 66.8 Å². The molecule has 0 saturated carbocycles. The van der Waals surface area contributed by atoms with Crippen LogP contribution in [-0.4, -0.2) is 31.2 Å². The Kier molecular flexibility index (Phi) is 5.16. The fourth-order valence-electron chi connectivity index (χ4n) is 4.51. The highest BCUT2D eigenvalue weighted by molar-refractivity contribution is 5.76. The quantitative estimate of drug-likeness (QED) is 0.536. The Balaban J connectivity index is 1.63. The van der Waals surface area contributed by atoms with Crippen molar-refractivity contribution in [2.24, 2.45) is 0 Å². The predicted octanol–water partition coefficient (Wildman–Crippen LogP) is 4.04. The second kappa shape index (κ2) is 8.12. The Labute approximate surface area is 181 Å². The van der Waals surface area contributed by atoms with E-state index in [0.29, 0.717) is 17.6 Å². The van der Waals surface area contributed by atoms with E-state index >= 15 is 0 Å². The standard InChI is InChI=1S/C25H27N5O/c1-17(2)21-22-23(28-27-21)25(31)30-14-13-29(16-19-11-7-4-8-12-19)20(24(30)26-22)15-18-9-5-3-6-10-18/h3-12,17,20H,13-16H2,1-2H3,(H,27,28). The third kappa shape index (κ3) is 3.68. The first-order valence-electron chi connectivity index (χ1n) is 10.9. The summed E-state index contributed by atoms with van der Waals surface area (Å²) in [5.41, 5.74) is 4.58. The van der Waals surface area contributed by atoms with E-state index in [1.165, 1.54) is 11.1 Å². The third-order valence-electron chi connectivity index (χ3n) is 6.13. The molecule has 2 aromatic heterocycles. The van der Waals surface area contributed by atoms with Gasteiger partial charge in [0.25, 0.3) is 5.56 Å². The summed E-state index contributed by atoms with van der Waals surface area (Å²) in [5, 5.41) is 7.35. The van der Waals surface area contributed by atoms with Gasteiger partial charge in [-0.05, 0) is 23.5 Å². The third-order valence-corrected chi connectivity index (χ3v) is 6.13. The maximum Gasteiger partial charge on any atom is 0.279 e. The van der Waals surface area contributed by atoms with Gasteiger partial charge in [-0.15, -0.1) is 0 Å². The lowest BCUT2D eigenvalue weighted by Gasteiger charge is -2.37. The van der Waals surface area contributed by atoms with E-state index in [4.69, 9.17) is 4.98 Å². The van der Waals surface area contributed by atoms with Crippen molar-refractivity contribution in [3.8, 4) is 0 Å². The maximum absolute atomic E-state index is 13.3. The lowest BCUT2D eigenvalue weighted by molar-refractivity contribution is 0.139. The number of aromatic amines is 1. The van der Waals surface area contributed by atoms with Gasteiger partial charge in [0.15, 0.2) is 0 Å². The largest absolute Gasteiger partial charge is 0.292 e. The van der Waals surface area contributed by atoms with Crippen LogP contribution in [0.1, 0.15) is 48.5 Å². The molecular formula is C25H27N5O. The van der Waals surface area contributed by atoms with Crippen LogP contribution in [0.2, 0.25) is 0 Å². The zero-order valence-electron chi connectivity index (χ0n) is 18.0. The van der Waals surface area contributed by atoms with Gasteiger partial charge in [-0.3, -0.25) is 19.4 Å². The van der Waals surface area contributed by atoms with Gasteiger partial charge in [0, 0.05) is 19.6 Å². The summed E-state index contributed by atoms with van der Waals surface area (Å²) in [6.45, 7) is 6.42. The van der Waals surface area contributed by atoms with E-state index in [0.717, 1.165) is 31.0 Å². The van der Waals surface area contributed by atoms with Crippen LogP contribution in [0, 0.1) is 0 Å². The SMILES string of the molecule is CC(C)c1n[nH]c2c(=O)n3c(nc12)C(Cc1ccccc1)N(Cc1ccccc1)CC3. The van der Waals surface area contributed by atoms with Gasteiger partial charge in [-0.25, -0.2) is 4.98 Å². The molecule has 0 bridgehead atoms. The lowest BCUT2D eigenvalue weighted by Crippen LogP contribution is -2.44. The first kappa shape index (κ1) is 19.7. The molecule has 6 heteroatoms. The van der Waals surface area contributed by atoms with Gasteiger partial charge in [-0.1, -0.05) is 74.5 Å². The molecule has 1 N–H and O–H groups in total.